The van der Waals surface area contributed by atoms with Crippen molar-refractivity contribution in [1.82, 2.24) is 4.90 Å². The van der Waals surface area contributed by atoms with Crippen molar-refractivity contribution in [2.75, 3.05) is 6.54 Å². The van der Waals surface area contributed by atoms with Gasteiger partial charge in [-0.3, -0.25) is 9.69 Å². The van der Waals surface area contributed by atoms with E-state index in [4.69, 9.17) is 5.11 Å². The van der Waals surface area contributed by atoms with Crippen LogP contribution in [0.1, 0.15) is 19.8 Å². The van der Waals surface area contributed by atoms with Crippen molar-refractivity contribution in [3.05, 3.63) is 11.8 Å². The number of nitrogens with zero attached hydrogens (tertiary/aromatic N) is 1. The van der Waals surface area contributed by atoms with Gasteiger partial charge in [0, 0.05) is 18.3 Å². The van der Waals surface area contributed by atoms with Crippen LogP contribution in [0.4, 0.5) is 4.79 Å². The predicted octanol–water partition coefficient (Wildman–Crippen LogP) is 1.23. The zero-order valence-electron chi connectivity index (χ0n) is 6.91. The van der Waals surface area contributed by atoms with Crippen LogP contribution in [0.2, 0.25) is 0 Å². The summed E-state index contributed by atoms with van der Waals surface area (Å²) < 4.78 is 0. The number of allylic oxidation sites excluding steroid dienone is 1. The lowest BCUT2D eigenvalue weighted by Gasteiger charge is -2.20. The molecule has 0 aromatic heterocycles. The highest BCUT2D eigenvalue weighted by molar-refractivity contribution is 5.93. The fraction of sp³-hybridized carbons (Fsp3) is 0.500. The second-order valence-corrected chi connectivity index (χ2v) is 2.79. The molecule has 0 unspecified atom stereocenters. The largest absolute Gasteiger partial charge is 0.465 e. The van der Waals surface area contributed by atoms with Gasteiger partial charge in [-0.05, 0) is 19.8 Å². The Kier molecular flexibility index (Phi) is 2.47. The average Bonchev–Trinajstić information content (AvgIpc) is 2.04. The molecule has 0 aromatic carbocycles. The lowest BCUT2D eigenvalue weighted by Crippen LogP contribution is -2.29. The molecular weight excluding hydrogens is 158 g/mol. The van der Waals surface area contributed by atoms with Crippen molar-refractivity contribution >= 4 is 11.9 Å². The standard InChI is InChI=1S/C8H11NO3/c1-6(10)7-3-2-4-9(5-7)8(11)12/h5H,2-4H2,1H3,(H,11,12). The Bertz CT molecular complexity index is 245. The molecule has 0 fully saturated rings. The van der Waals surface area contributed by atoms with E-state index in [-0.39, 0.29) is 5.78 Å². The van der Waals surface area contributed by atoms with Crippen molar-refractivity contribution in [2.24, 2.45) is 0 Å². The van der Waals surface area contributed by atoms with E-state index in [0.717, 1.165) is 11.3 Å². The van der Waals surface area contributed by atoms with Gasteiger partial charge in [0.1, 0.15) is 0 Å². The highest BCUT2D eigenvalue weighted by Crippen LogP contribution is 2.14. The van der Waals surface area contributed by atoms with Gasteiger partial charge in [-0.15, -0.1) is 0 Å². The van der Waals surface area contributed by atoms with Gasteiger partial charge in [-0.25, -0.2) is 4.79 Å². The van der Waals surface area contributed by atoms with Gasteiger partial charge >= 0.3 is 6.09 Å². The number of carbonyl (C=O) groups excluding carboxylic acids is 1. The van der Waals surface area contributed by atoms with Gasteiger partial charge in [0.25, 0.3) is 0 Å². The monoisotopic (exact) mass is 169 g/mol. The molecule has 0 atom stereocenters. The molecule has 0 spiro atoms. The number of rotatable bonds is 1. The quantitative estimate of drug-likeness (QED) is 0.642. The van der Waals surface area contributed by atoms with Crippen molar-refractivity contribution in [1.29, 1.82) is 0 Å². The van der Waals surface area contributed by atoms with Crippen LogP contribution in [0.15, 0.2) is 11.8 Å². The summed E-state index contributed by atoms with van der Waals surface area (Å²) in [6.45, 7) is 1.95. The molecule has 0 radical (unpaired) electrons. The molecule has 0 bridgehead atoms. The molecule has 1 amide bonds. The third-order valence-corrected chi connectivity index (χ3v) is 1.85. The minimum absolute atomic E-state index is 0.0408. The van der Waals surface area contributed by atoms with Crippen LogP contribution < -0.4 is 0 Å². The maximum atomic E-state index is 10.9. The molecule has 1 aliphatic heterocycles. The molecule has 0 aromatic rings. The fourth-order valence-corrected chi connectivity index (χ4v) is 1.17. The lowest BCUT2D eigenvalue weighted by atomic mass is 10.0. The normalized spacial score (nSPS) is 17.1. The number of carbonyl (C=O) groups is 2. The van der Waals surface area contributed by atoms with E-state index in [1.165, 1.54) is 13.1 Å². The van der Waals surface area contributed by atoms with Crippen LogP contribution in [0, 0.1) is 0 Å². The third kappa shape index (κ3) is 1.84. The summed E-state index contributed by atoms with van der Waals surface area (Å²) >= 11 is 0. The molecule has 0 aliphatic carbocycles. The van der Waals surface area contributed by atoms with E-state index >= 15 is 0 Å². The molecule has 1 rings (SSSR count). The molecule has 0 saturated heterocycles. The van der Waals surface area contributed by atoms with Crippen LogP contribution >= 0.6 is 0 Å². The van der Waals surface area contributed by atoms with E-state index in [9.17, 15) is 9.59 Å². The van der Waals surface area contributed by atoms with Gasteiger partial charge in [-0.1, -0.05) is 0 Å². The number of Topliss-reactive ketones (excluding diaryl/α,β-unsaturated/α-hetero) is 1. The summed E-state index contributed by atoms with van der Waals surface area (Å²) in [5.41, 5.74) is 0.601. The Balaban J connectivity index is 2.76. The highest BCUT2D eigenvalue weighted by Gasteiger charge is 2.17. The lowest BCUT2D eigenvalue weighted by molar-refractivity contribution is -0.113. The van der Waals surface area contributed by atoms with Crippen molar-refractivity contribution in [2.45, 2.75) is 19.8 Å². The smallest absolute Gasteiger partial charge is 0.411 e. The molecule has 4 heteroatoms. The Morgan fingerprint density at radius 1 is 1.58 bits per heavy atom. The SMILES string of the molecule is CC(=O)C1=CN(C(=O)O)CCC1. The Morgan fingerprint density at radius 2 is 2.25 bits per heavy atom. The summed E-state index contributed by atoms with van der Waals surface area (Å²) in [5.74, 6) is -0.0408. The van der Waals surface area contributed by atoms with E-state index in [1.54, 1.807) is 0 Å². The maximum Gasteiger partial charge on any atom is 0.411 e. The Morgan fingerprint density at radius 3 is 2.75 bits per heavy atom. The molecule has 66 valence electrons. The molecule has 12 heavy (non-hydrogen) atoms. The topological polar surface area (TPSA) is 57.6 Å². The Labute approximate surface area is 70.5 Å². The minimum Gasteiger partial charge on any atom is -0.465 e. The first-order chi connectivity index (χ1) is 5.61. The second-order valence-electron chi connectivity index (χ2n) is 2.79. The maximum absolute atomic E-state index is 10.9. The van der Waals surface area contributed by atoms with E-state index in [1.807, 2.05) is 0 Å². The third-order valence-electron chi connectivity index (χ3n) is 1.85. The summed E-state index contributed by atoms with van der Waals surface area (Å²) in [5, 5.41) is 8.61. The molecular formula is C8H11NO3. The van der Waals surface area contributed by atoms with Gasteiger partial charge < -0.3 is 5.11 Å². The summed E-state index contributed by atoms with van der Waals surface area (Å²) in [4.78, 5) is 22.5. The van der Waals surface area contributed by atoms with Gasteiger partial charge in [0.2, 0.25) is 0 Å². The first-order valence-corrected chi connectivity index (χ1v) is 3.82. The first kappa shape index (κ1) is 8.77. The zero-order chi connectivity index (χ0) is 9.14. The van der Waals surface area contributed by atoms with Crippen LogP contribution in [0.3, 0.4) is 0 Å². The van der Waals surface area contributed by atoms with Gasteiger partial charge in [0.15, 0.2) is 5.78 Å². The van der Waals surface area contributed by atoms with Gasteiger partial charge in [-0.2, -0.15) is 0 Å². The summed E-state index contributed by atoms with van der Waals surface area (Å²) in [7, 11) is 0. The van der Waals surface area contributed by atoms with Crippen LogP contribution in [0.5, 0.6) is 0 Å². The molecule has 4 nitrogen and oxygen atoms in total. The predicted molar refractivity (Wildman–Crippen MR) is 42.7 cm³/mol. The van der Waals surface area contributed by atoms with Crippen LogP contribution in [-0.4, -0.2) is 28.4 Å². The number of hydrogen-bond donors (Lipinski definition) is 1. The molecule has 0 saturated carbocycles. The highest BCUT2D eigenvalue weighted by atomic mass is 16.4. The fourth-order valence-electron chi connectivity index (χ4n) is 1.17. The number of carboxylic acid groups (broad SMARTS) is 1. The van der Waals surface area contributed by atoms with E-state index < -0.39 is 6.09 Å². The first-order valence-electron chi connectivity index (χ1n) is 3.82. The molecule has 1 N–H and O–H groups in total. The molecule has 1 heterocycles. The zero-order valence-corrected chi connectivity index (χ0v) is 6.91. The molecule has 1 aliphatic rings. The van der Waals surface area contributed by atoms with Crippen molar-refractivity contribution in [3.8, 4) is 0 Å². The Hall–Kier alpha value is -1.32. The average molecular weight is 169 g/mol. The van der Waals surface area contributed by atoms with Gasteiger partial charge in [0.05, 0.1) is 0 Å². The van der Waals surface area contributed by atoms with Crippen molar-refractivity contribution < 1.29 is 14.7 Å². The number of ketones is 1. The second kappa shape index (κ2) is 3.38. The van der Waals surface area contributed by atoms with Crippen molar-refractivity contribution in [3.63, 3.8) is 0 Å². The number of amides is 1. The minimum atomic E-state index is -0.992. The number of hydrogen-bond acceptors (Lipinski definition) is 2. The van der Waals surface area contributed by atoms with E-state index in [2.05, 4.69) is 0 Å². The summed E-state index contributed by atoms with van der Waals surface area (Å²) in [6, 6.07) is 0. The summed E-state index contributed by atoms with van der Waals surface area (Å²) in [6.07, 6.45) is 1.86. The van der Waals surface area contributed by atoms with Crippen LogP contribution in [-0.2, 0) is 4.79 Å². The van der Waals surface area contributed by atoms with Crippen LogP contribution in [0.25, 0.3) is 0 Å². The van der Waals surface area contributed by atoms with E-state index in [0.29, 0.717) is 18.5 Å².